The van der Waals surface area contributed by atoms with Crippen LogP contribution in [0.15, 0.2) is 79.1 Å². The van der Waals surface area contributed by atoms with E-state index in [9.17, 15) is 4.79 Å². The van der Waals surface area contributed by atoms with E-state index in [2.05, 4.69) is 10.3 Å². The third-order valence-corrected chi connectivity index (χ3v) is 4.19. The molecule has 0 spiro atoms. The van der Waals surface area contributed by atoms with Crippen LogP contribution in [0.4, 0.5) is 5.69 Å². The van der Waals surface area contributed by atoms with E-state index < -0.39 is 0 Å². The van der Waals surface area contributed by atoms with E-state index in [1.807, 2.05) is 53.1 Å². The monoisotopic (exact) mass is 343 g/mol. The summed E-state index contributed by atoms with van der Waals surface area (Å²) in [7, 11) is 1.60. The van der Waals surface area contributed by atoms with Crippen LogP contribution in [-0.2, 0) is 0 Å². The highest BCUT2D eigenvalue weighted by Gasteiger charge is 2.08. The molecule has 26 heavy (non-hydrogen) atoms. The van der Waals surface area contributed by atoms with Gasteiger partial charge in [-0.2, -0.15) is 0 Å². The summed E-state index contributed by atoms with van der Waals surface area (Å²) in [5.74, 6) is 0.552. The second kappa shape index (κ2) is 6.72. The molecule has 0 radical (unpaired) electrons. The number of para-hydroxylation sites is 2. The van der Waals surface area contributed by atoms with Gasteiger partial charge in [0.2, 0.25) is 0 Å². The molecule has 4 rings (SSSR count). The van der Waals surface area contributed by atoms with Crippen molar-refractivity contribution in [2.24, 2.45) is 0 Å². The van der Waals surface area contributed by atoms with Gasteiger partial charge in [-0.15, -0.1) is 0 Å². The van der Waals surface area contributed by atoms with Crippen LogP contribution >= 0.6 is 0 Å². The Morgan fingerprint density at radius 2 is 1.81 bits per heavy atom. The number of fused-ring (bicyclic) bond motifs is 1. The van der Waals surface area contributed by atoms with Crippen molar-refractivity contribution >= 4 is 22.6 Å². The molecule has 0 fully saturated rings. The number of methoxy groups -OCH3 is 1. The smallest absolute Gasteiger partial charge is 0.255 e. The number of nitrogens with one attached hydrogen (secondary N) is 1. The van der Waals surface area contributed by atoms with E-state index in [0.717, 1.165) is 28.2 Å². The first-order valence-corrected chi connectivity index (χ1v) is 8.22. The number of hydrogen-bond donors (Lipinski definition) is 1. The molecule has 1 heterocycles. The molecule has 1 N–H and O–H groups in total. The summed E-state index contributed by atoms with van der Waals surface area (Å²) in [6, 6.07) is 22.6. The zero-order valence-corrected chi connectivity index (χ0v) is 14.2. The number of carbonyl (C=O) groups is 1. The molecule has 5 heteroatoms. The Labute approximate surface area is 150 Å². The third kappa shape index (κ3) is 3.02. The highest BCUT2D eigenvalue weighted by Crippen LogP contribution is 2.21. The van der Waals surface area contributed by atoms with Crippen molar-refractivity contribution < 1.29 is 9.53 Å². The quantitative estimate of drug-likeness (QED) is 0.601. The molecule has 0 atom stereocenters. The maximum Gasteiger partial charge on any atom is 0.255 e. The SMILES string of the molecule is COc1ccc(C(=O)Nc2cccc(-n3cnc4ccccc43)c2)cc1. The predicted octanol–water partition coefficient (Wildman–Crippen LogP) is 4.29. The van der Waals surface area contributed by atoms with Crippen LogP contribution < -0.4 is 10.1 Å². The molecule has 0 aliphatic rings. The molecule has 1 amide bonds. The molecule has 0 aliphatic carbocycles. The molecule has 1 aromatic heterocycles. The number of benzene rings is 3. The first-order valence-electron chi connectivity index (χ1n) is 8.22. The average Bonchev–Trinajstić information content (AvgIpc) is 3.12. The fraction of sp³-hybridized carbons (Fsp3) is 0.0476. The summed E-state index contributed by atoms with van der Waals surface area (Å²) < 4.78 is 7.12. The molecule has 0 aliphatic heterocycles. The van der Waals surface area contributed by atoms with E-state index >= 15 is 0 Å². The highest BCUT2D eigenvalue weighted by molar-refractivity contribution is 6.04. The summed E-state index contributed by atoms with van der Waals surface area (Å²) in [5.41, 5.74) is 4.18. The number of amides is 1. The van der Waals surface area contributed by atoms with Gasteiger partial charge in [0.1, 0.15) is 12.1 Å². The standard InChI is InChI=1S/C21H17N3O2/c1-26-18-11-9-15(10-12-18)21(25)23-16-5-4-6-17(13-16)24-14-22-19-7-2-3-8-20(19)24/h2-14H,1H3,(H,23,25). The summed E-state index contributed by atoms with van der Waals surface area (Å²) in [6.45, 7) is 0. The van der Waals surface area contributed by atoms with E-state index in [0.29, 0.717) is 5.56 Å². The minimum atomic E-state index is -0.166. The van der Waals surface area contributed by atoms with Crippen LogP contribution in [0.3, 0.4) is 0 Å². The summed E-state index contributed by atoms with van der Waals surface area (Å²) in [5, 5.41) is 2.93. The van der Waals surface area contributed by atoms with Gasteiger partial charge in [-0.1, -0.05) is 18.2 Å². The Hall–Kier alpha value is -3.60. The lowest BCUT2D eigenvalue weighted by Gasteiger charge is -2.09. The van der Waals surface area contributed by atoms with Gasteiger partial charge in [-0.25, -0.2) is 4.98 Å². The molecule has 128 valence electrons. The highest BCUT2D eigenvalue weighted by atomic mass is 16.5. The van der Waals surface area contributed by atoms with Crippen molar-refractivity contribution in [3.8, 4) is 11.4 Å². The molecule has 0 unspecified atom stereocenters. The first kappa shape index (κ1) is 15.9. The predicted molar refractivity (Wildman–Crippen MR) is 102 cm³/mol. The van der Waals surface area contributed by atoms with Gasteiger partial charge >= 0.3 is 0 Å². The van der Waals surface area contributed by atoms with E-state index in [4.69, 9.17) is 4.74 Å². The largest absolute Gasteiger partial charge is 0.497 e. The van der Waals surface area contributed by atoms with Crippen LogP contribution in [0, 0.1) is 0 Å². The summed E-state index contributed by atoms with van der Waals surface area (Å²) >= 11 is 0. The summed E-state index contributed by atoms with van der Waals surface area (Å²) in [6.07, 6.45) is 1.79. The van der Waals surface area contributed by atoms with Crippen LogP contribution in [0.25, 0.3) is 16.7 Å². The van der Waals surface area contributed by atoms with Crippen LogP contribution in [0.5, 0.6) is 5.75 Å². The first-order chi connectivity index (χ1) is 12.7. The molecule has 0 saturated carbocycles. The molecule has 4 aromatic rings. The van der Waals surface area contributed by atoms with Gasteiger partial charge in [0.05, 0.1) is 18.1 Å². The molecule has 0 saturated heterocycles. The van der Waals surface area contributed by atoms with Crippen molar-refractivity contribution in [1.29, 1.82) is 0 Å². The van der Waals surface area contributed by atoms with Crippen molar-refractivity contribution in [3.63, 3.8) is 0 Å². The Kier molecular flexibility index (Phi) is 4.11. The second-order valence-electron chi connectivity index (χ2n) is 5.84. The molecular formula is C21H17N3O2. The number of nitrogens with zero attached hydrogens (tertiary/aromatic N) is 2. The average molecular weight is 343 g/mol. The lowest BCUT2D eigenvalue weighted by Crippen LogP contribution is -2.12. The number of carbonyl (C=O) groups excluding carboxylic acids is 1. The zero-order chi connectivity index (χ0) is 17.9. The summed E-state index contributed by atoms with van der Waals surface area (Å²) in [4.78, 5) is 16.9. The number of ether oxygens (including phenoxy) is 1. The number of imidazole rings is 1. The van der Waals surface area contributed by atoms with Crippen molar-refractivity contribution in [2.75, 3.05) is 12.4 Å². The number of aromatic nitrogens is 2. The molecule has 0 bridgehead atoms. The van der Waals surface area contributed by atoms with E-state index in [1.165, 1.54) is 0 Å². The van der Waals surface area contributed by atoms with Gasteiger partial charge in [0.15, 0.2) is 0 Å². The normalized spacial score (nSPS) is 10.7. The number of hydrogen-bond acceptors (Lipinski definition) is 3. The Balaban J connectivity index is 1.60. The third-order valence-electron chi connectivity index (χ3n) is 4.19. The zero-order valence-electron chi connectivity index (χ0n) is 14.2. The maximum absolute atomic E-state index is 12.5. The van der Waals surface area contributed by atoms with Crippen LogP contribution in [-0.4, -0.2) is 22.6 Å². The van der Waals surface area contributed by atoms with Gasteiger partial charge in [-0.05, 0) is 54.6 Å². The molecule has 5 nitrogen and oxygen atoms in total. The maximum atomic E-state index is 12.5. The number of rotatable bonds is 4. The fourth-order valence-electron chi connectivity index (χ4n) is 2.84. The van der Waals surface area contributed by atoms with E-state index in [1.54, 1.807) is 37.7 Å². The molecular weight excluding hydrogens is 326 g/mol. The topological polar surface area (TPSA) is 56.1 Å². The van der Waals surface area contributed by atoms with Crippen LogP contribution in [0.1, 0.15) is 10.4 Å². The minimum Gasteiger partial charge on any atom is -0.497 e. The fourth-order valence-corrected chi connectivity index (χ4v) is 2.84. The van der Waals surface area contributed by atoms with Gasteiger partial charge in [-0.3, -0.25) is 9.36 Å². The van der Waals surface area contributed by atoms with Gasteiger partial charge in [0, 0.05) is 16.9 Å². The molecule has 3 aromatic carbocycles. The van der Waals surface area contributed by atoms with Gasteiger partial charge < -0.3 is 10.1 Å². The Morgan fingerprint density at radius 3 is 2.62 bits per heavy atom. The Bertz CT molecular complexity index is 1070. The lowest BCUT2D eigenvalue weighted by molar-refractivity contribution is 0.102. The van der Waals surface area contributed by atoms with Crippen molar-refractivity contribution in [2.45, 2.75) is 0 Å². The second-order valence-corrected chi connectivity index (χ2v) is 5.84. The van der Waals surface area contributed by atoms with Crippen LogP contribution in [0.2, 0.25) is 0 Å². The number of anilines is 1. The lowest BCUT2D eigenvalue weighted by atomic mass is 10.2. The Morgan fingerprint density at radius 1 is 1.00 bits per heavy atom. The van der Waals surface area contributed by atoms with E-state index in [-0.39, 0.29) is 5.91 Å². The van der Waals surface area contributed by atoms with Gasteiger partial charge in [0.25, 0.3) is 5.91 Å². The van der Waals surface area contributed by atoms with Crippen molar-refractivity contribution in [1.82, 2.24) is 9.55 Å². The minimum absolute atomic E-state index is 0.166. The van der Waals surface area contributed by atoms with Crippen molar-refractivity contribution in [3.05, 3.63) is 84.7 Å².